The van der Waals surface area contributed by atoms with E-state index in [2.05, 4.69) is 81.5 Å². The lowest BCUT2D eigenvalue weighted by Gasteiger charge is -2.18. The maximum absolute atomic E-state index is 12.9. The highest BCUT2D eigenvalue weighted by atomic mass is 16.6. The molecule has 0 rings (SSSR count). The summed E-state index contributed by atoms with van der Waals surface area (Å²) in [7, 11) is 0. The Morgan fingerprint density at radius 1 is 0.256 bits per heavy atom. The first kappa shape index (κ1) is 75.1. The van der Waals surface area contributed by atoms with Gasteiger partial charge in [-0.2, -0.15) is 0 Å². The normalized spacial score (nSPS) is 12.4. The summed E-state index contributed by atoms with van der Waals surface area (Å²) >= 11 is 0. The lowest BCUT2D eigenvalue weighted by molar-refractivity contribution is -0.167. The molecule has 0 N–H and O–H groups in total. The van der Waals surface area contributed by atoms with E-state index in [4.69, 9.17) is 14.2 Å². The van der Waals surface area contributed by atoms with Crippen LogP contribution in [0.1, 0.15) is 361 Å². The molecule has 0 saturated heterocycles. The molecular formula is C72H130O6. The second-order valence-electron chi connectivity index (χ2n) is 23.1. The predicted octanol–water partition coefficient (Wildman–Crippen LogP) is 23.5. The Morgan fingerprint density at radius 3 is 0.744 bits per heavy atom. The van der Waals surface area contributed by atoms with Gasteiger partial charge in [-0.3, -0.25) is 14.4 Å². The highest BCUT2D eigenvalue weighted by Gasteiger charge is 2.19. The topological polar surface area (TPSA) is 78.9 Å². The van der Waals surface area contributed by atoms with Crippen molar-refractivity contribution in [3.63, 3.8) is 0 Å². The zero-order chi connectivity index (χ0) is 56.4. The van der Waals surface area contributed by atoms with Gasteiger partial charge in [0.2, 0.25) is 0 Å². The molecule has 454 valence electrons. The second kappa shape index (κ2) is 66.6. The van der Waals surface area contributed by atoms with Crippen LogP contribution in [0.5, 0.6) is 0 Å². The van der Waals surface area contributed by atoms with Crippen LogP contribution in [0.4, 0.5) is 0 Å². The van der Waals surface area contributed by atoms with Gasteiger partial charge in [0.25, 0.3) is 0 Å². The highest BCUT2D eigenvalue weighted by Crippen LogP contribution is 2.17. The van der Waals surface area contributed by atoms with E-state index in [0.717, 1.165) is 83.5 Å². The summed E-state index contributed by atoms with van der Waals surface area (Å²) in [4.78, 5) is 38.4. The van der Waals surface area contributed by atoms with Crippen molar-refractivity contribution in [2.75, 3.05) is 13.2 Å². The monoisotopic (exact) mass is 1090 g/mol. The van der Waals surface area contributed by atoms with Crippen molar-refractivity contribution in [3.05, 3.63) is 60.8 Å². The Kier molecular flexibility index (Phi) is 64.2. The molecule has 78 heavy (non-hydrogen) atoms. The molecule has 0 aliphatic carbocycles. The number of carbonyl (C=O) groups is 3. The Labute approximate surface area is 485 Å². The second-order valence-corrected chi connectivity index (χ2v) is 23.1. The van der Waals surface area contributed by atoms with Crippen molar-refractivity contribution in [2.45, 2.75) is 367 Å². The largest absolute Gasteiger partial charge is 0.462 e. The lowest BCUT2D eigenvalue weighted by Crippen LogP contribution is -2.30. The zero-order valence-corrected chi connectivity index (χ0v) is 52.2. The molecule has 0 aromatic heterocycles. The number of allylic oxidation sites excluding steroid dienone is 10. The molecule has 0 heterocycles. The van der Waals surface area contributed by atoms with Gasteiger partial charge in [-0.15, -0.1) is 0 Å². The Morgan fingerprint density at radius 2 is 0.462 bits per heavy atom. The van der Waals surface area contributed by atoms with Crippen LogP contribution in [0.15, 0.2) is 60.8 Å². The van der Waals surface area contributed by atoms with Crippen LogP contribution in [-0.2, 0) is 28.6 Å². The van der Waals surface area contributed by atoms with E-state index in [0.29, 0.717) is 19.3 Å². The first-order chi connectivity index (χ1) is 38.5. The Hall–Kier alpha value is -2.89. The number of hydrogen-bond acceptors (Lipinski definition) is 6. The van der Waals surface area contributed by atoms with Gasteiger partial charge >= 0.3 is 17.9 Å². The van der Waals surface area contributed by atoms with Crippen LogP contribution < -0.4 is 0 Å². The maximum Gasteiger partial charge on any atom is 0.306 e. The fourth-order valence-electron chi connectivity index (χ4n) is 10.1. The van der Waals surface area contributed by atoms with E-state index in [-0.39, 0.29) is 31.1 Å². The number of hydrogen-bond donors (Lipinski definition) is 0. The first-order valence-electron chi connectivity index (χ1n) is 34.3. The van der Waals surface area contributed by atoms with E-state index in [1.807, 2.05) is 0 Å². The van der Waals surface area contributed by atoms with Gasteiger partial charge in [0.15, 0.2) is 6.10 Å². The van der Waals surface area contributed by atoms with E-state index in [1.54, 1.807) is 0 Å². The van der Waals surface area contributed by atoms with E-state index < -0.39 is 6.10 Å². The Balaban J connectivity index is 4.33. The summed E-state index contributed by atoms with van der Waals surface area (Å²) in [5.74, 6) is -0.864. The SMILES string of the molecule is CCCCC/C=C\C/C=C\CCCCCCCCCC(=O)OCC(COC(=O)CCCCCCCCCCCC/C=C\C/C=C\C/C=C\CCCCCCC)OC(=O)CCCCCCCCCCCCCCCCCCCC. The minimum absolute atomic E-state index is 0.0754. The van der Waals surface area contributed by atoms with E-state index in [1.165, 1.54) is 238 Å². The van der Waals surface area contributed by atoms with Crippen molar-refractivity contribution in [3.8, 4) is 0 Å². The van der Waals surface area contributed by atoms with Gasteiger partial charge in [-0.05, 0) is 89.9 Å². The van der Waals surface area contributed by atoms with Crippen LogP contribution in [-0.4, -0.2) is 37.2 Å². The van der Waals surface area contributed by atoms with Gasteiger partial charge in [-0.1, -0.05) is 313 Å². The molecular weight excluding hydrogens is 961 g/mol. The summed E-state index contributed by atoms with van der Waals surface area (Å²) in [6.07, 6.45) is 85.1. The van der Waals surface area contributed by atoms with Crippen molar-refractivity contribution < 1.29 is 28.6 Å². The standard InChI is InChI=1S/C72H130O6/c1-4-7-10-13-16-19-22-25-28-31-33-34-35-36-37-38-39-42-44-47-50-53-56-59-62-65-71(74)77-68-69(67-76-70(73)64-61-58-55-52-49-46-43-40-30-27-24-21-18-15-12-9-6-3)78-72(75)66-63-60-57-54-51-48-45-41-32-29-26-23-20-17-14-11-8-5-2/h18,21-22,25,27,30-31,33,35-36,69H,4-17,19-20,23-24,26,28-29,32,34,37-68H2,1-3H3/b21-18-,25-22-,30-27-,33-31-,36-35-. The molecule has 0 spiro atoms. The quantitative estimate of drug-likeness (QED) is 0.0261. The van der Waals surface area contributed by atoms with Crippen LogP contribution >= 0.6 is 0 Å². The fourth-order valence-corrected chi connectivity index (χ4v) is 10.1. The Bertz CT molecular complexity index is 1390. The third-order valence-electron chi connectivity index (χ3n) is 15.2. The molecule has 0 saturated carbocycles. The van der Waals surface area contributed by atoms with Crippen LogP contribution in [0.25, 0.3) is 0 Å². The maximum atomic E-state index is 12.9. The zero-order valence-electron chi connectivity index (χ0n) is 52.2. The van der Waals surface area contributed by atoms with E-state index in [9.17, 15) is 14.4 Å². The van der Waals surface area contributed by atoms with Crippen molar-refractivity contribution in [1.82, 2.24) is 0 Å². The molecule has 0 aromatic rings. The number of unbranched alkanes of at least 4 members (excludes halogenated alkanes) is 42. The number of ether oxygens (including phenoxy) is 3. The van der Waals surface area contributed by atoms with Gasteiger partial charge in [0.1, 0.15) is 13.2 Å². The van der Waals surface area contributed by atoms with Gasteiger partial charge in [0.05, 0.1) is 0 Å². The summed E-state index contributed by atoms with van der Waals surface area (Å²) in [5, 5.41) is 0. The summed E-state index contributed by atoms with van der Waals surface area (Å²) in [5.41, 5.74) is 0. The fraction of sp³-hybridized carbons (Fsp3) is 0.819. The molecule has 0 aromatic carbocycles. The molecule has 1 atom stereocenters. The third-order valence-corrected chi connectivity index (χ3v) is 15.2. The summed E-state index contributed by atoms with van der Waals surface area (Å²) < 4.78 is 17.0. The molecule has 0 aliphatic rings. The van der Waals surface area contributed by atoms with E-state index >= 15 is 0 Å². The number of esters is 3. The van der Waals surface area contributed by atoms with Crippen LogP contribution in [0.2, 0.25) is 0 Å². The summed E-state index contributed by atoms with van der Waals surface area (Å²) in [6.45, 7) is 6.65. The van der Waals surface area contributed by atoms with Crippen molar-refractivity contribution in [1.29, 1.82) is 0 Å². The smallest absolute Gasteiger partial charge is 0.306 e. The van der Waals surface area contributed by atoms with Crippen molar-refractivity contribution >= 4 is 17.9 Å². The van der Waals surface area contributed by atoms with Crippen molar-refractivity contribution in [2.24, 2.45) is 0 Å². The molecule has 0 aliphatic heterocycles. The lowest BCUT2D eigenvalue weighted by atomic mass is 10.0. The van der Waals surface area contributed by atoms with Crippen LogP contribution in [0.3, 0.4) is 0 Å². The molecule has 6 heteroatoms. The number of carbonyl (C=O) groups excluding carboxylic acids is 3. The average molecular weight is 1090 g/mol. The molecule has 1 unspecified atom stereocenters. The molecule has 0 radical (unpaired) electrons. The minimum Gasteiger partial charge on any atom is -0.462 e. The molecule has 0 fully saturated rings. The molecule has 0 bridgehead atoms. The third kappa shape index (κ3) is 63.9. The average Bonchev–Trinajstić information content (AvgIpc) is 3.44. The summed E-state index contributed by atoms with van der Waals surface area (Å²) in [6, 6.07) is 0. The van der Waals surface area contributed by atoms with Gasteiger partial charge < -0.3 is 14.2 Å². The highest BCUT2D eigenvalue weighted by molar-refractivity contribution is 5.71. The molecule has 6 nitrogen and oxygen atoms in total. The number of rotatable bonds is 63. The first-order valence-corrected chi connectivity index (χ1v) is 34.3. The molecule has 0 amide bonds. The minimum atomic E-state index is -0.779. The van der Waals surface area contributed by atoms with Gasteiger partial charge in [0, 0.05) is 19.3 Å². The predicted molar refractivity (Wildman–Crippen MR) is 339 cm³/mol. The van der Waals surface area contributed by atoms with Gasteiger partial charge in [-0.25, -0.2) is 0 Å². The van der Waals surface area contributed by atoms with Crippen LogP contribution in [0, 0.1) is 0 Å².